The molecule has 0 spiro atoms. The van der Waals surface area contributed by atoms with Gasteiger partial charge in [0.05, 0.1) is 13.2 Å². The van der Waals surface area contributed by atoms with Crippen LogP contribution in [0.15, 0.2) is 17.1 Å². The summed E-state index contributed by atoms with van der Waals surface area (Å²) in [5.74, 6) is -0.775. The quantitative estimate of drug-likeness (QED) is 0.251. The number of likely N-dealkylation sites (N-methyl/N-ethyl adjacent to an activating group) is 1. The summed E-state index contributed by atoms with van der Waals surface area (Å²) >= 11 is 0. The summed E-state index contributed by atoms with van der Waals surface area (Å²) in [6.07, 6.45) is -5.52. The third-order valence-corrected chi connectivity index (χ3v) is 4.82. The molecule has 4 N–H and O–H groups in total. The summed E-state index contributed by atoms with van der Waals surface area (Å²) in [5.41, 5.74) is -2.78. The van der Waals surface area contributed by atoms with Gasteiger partial charge in [-0.2, -0.15) is 4.98 Å². The maximum Gasteiger partial charge on any atom is 0.412 e. The fourth-order valence-electron chi connectivity index (χ4n) is 3.05. The second-order valence-corrected chi connectivity index (χ2v) is 7.63. The number of anilines is 1. The van der Waals surface area contributed by atoms with Crippen LogP contribution in [0.2, 0.25) is 0 Å². The molecule has 5 atom stereocenters. The molecule has 15 heteroatoms. The molecule has 2 heterocycles. The standard InChI is InChI=1S/C19H28N4O11/c1-10(25)32-11(2)33-18(29)22(4)7-8-31-17(28)21-13-5-6-23(16(27)20-13)15-19(3,30)14(26)12(9-24)34-15/h5-6,11-12,14-15,24,26,30H,7-9H2,1-4H3,(H,20,21,27,28)/t11?,12-,14-,15-,19-/m1/s1. The molecule has 1 aliphatic rings. The number of hydrogen-bond donors (Lipinski definition) is 4. The van der Waals surface area contributed by atoms with Crippen molar-refractivity contribution in [3.05, 3.63) is 22.7 Å². The van der Waals surface area contributed by atoms with Crippen LogP contribution in [0.4, 0.5) is 15.4 Å². The van der Waals surface area contributed by atoms with Gasteiger partial charge in [-0.1, -0.05) is 0 Å². The second kappa shape index (κ2) is 11.2. The molecule has 1 unspecified atom stereocenters. The Balaban J connectivity index is 1.87. The number of carbonyl (C=O) groups is 3. The Kier molecular flexibility index (Phi) is 8.92. The highest BCUT2D eigenvalue weighted by Crippen LogP contribution is 2.37. The normalized spacial score (nSPS) is 24.7. The minimum atomic E-state index is -1.88. The van der Waals surface area contributed by atoms with Gasteiger partial charge in [-0.05, 0) is 13.0 Å². The van der Waals surface area contributed by atoms with Crippen LogP contribution in [0.5, 0.6) is 0 Å². The van der Waals surface area contributed by atoms with E-state index in [2.05, 4.69) is 15.0 Å². The van der Waals surface area contributed by atoms with Crippen molar-refractivity contribution in [1.29, 1.82) is 0 Å². The van der Waals surface area contributed by atoms with E-state index in [1.165, 1.54) is 40.1 Å². The number of nitrogens with one attached hydrogen (secondary N) is 1. The van der Waals surface area contributed by atoms with Gasteiger partial charge < -0.3 is 39.2 Å². The predicted octanol–water partition coefficient (Wildman–Crippen LogP) is -1.23. The third kappa shape index (κ3) is 6.63. The van der Waals surface area contributed by atoms with Crippen LogP contribution >= 0.6 is 0 Å². The molecular formula is C19H28N4O11. The summed E-state index contributed by atoms with van der Waals surface area (Å²) in [6.45, 7) is 2.94. The number of rotatable bonds is 8. The van der Waals surface area contributed by atoms with E-state index >= 15 is 0 Å². The number of ether oxygens (including phenoxy) is 4. The third-order valence-electron chi connectivity index (χ3n) is 4.82. The minimum Gasteiger partial charge on any atom is -0.447 e. The van der Waals surface area contributed by atoms with Gasteiger partial charge in [-0.15, -0.1) is 0 Å². The molecule has 2 rings (SSSR count). The molecule has 0 bridgehead atoms. The van der Waals surface area contributed by atoms with Crippen LogP contribution in [-0.2, 0) is 23.7 Å². The predicted molar refractivity (Wildman–Crippen MR) is 111 cm³/mol. The largest absolute Gasteiger partial charge is 0.447 e. The van der Waals surface area contributed by atoms with Crippen molar-refractivity contribution in [3.8, 4) is 0 Å². The zero-order valence-corrected chi connectivity index (χ0v) is 19.0. The summed E-state index contributed by atoms with van der Waals surface area (Å²) < 4.78 is 20.7. The number of nitrogens with zero attached hydrogens (tertiary/aromatic N) is 3. The van der Waals surface area contributed by atoms with Crippen LogP contribution in [-0.4, -0.2) is 98.8 Å². The van der Waals surface area contributed by atoms with Crippen molar-refractivity contribution >= 4 is 24.0 Å². The maximum atomic E-state index is 12.4. The van der Waals surface area contributed by atoms with Crippen LogP contribution in [0.25, 0.3) is 0 Å². The van der Waals surface area contributed by atoms with Crippen LogP contribution in [0.3, 0.4) is 0 Å². The maximum absolute atomic E-state index is 12.4. The molecule has 1 aromatic rings. The van der Waals surface area contributed by atoms with E-state index in [9.17, 15) is 34.5 Å². The Morgan fingerprint density at radius 1 is 1.38 bits per heavy atom. The highest BCUT2D eigenvalue weighted by molar-refractivity contribution is 5.83. The van der Waals surface area contributed by atoms with E-state index in [4.69, 9.17) is 14.2 Å². The monoisotopic (exact) mass is 488 g/mol. The molecule has 2 amide bonds. The van der Waals surface area contributed by atoms with Crippen molar-refractivity contribution in [2.24, 2.45) is 0 Å². The SMILES string of the molecule is CC(=O)OC(C)OC(=O)N(C)CCOC(=O)Nc1ccn([C@@H]2O[C@H](CO)[C@@H](O)[C@@]2(C)O)c(=O)n1. The van der Waals surface area contributed by atoms with Crippen molar-refractivity contribution in [2.75, 3.05) is 32.1 Å². The van der Waals surface area contributed by atoms with Crippen LogP contribution in [0.1, 0.15) is 27.0 Å². The molecular weight excluding hydrogens is 460 g/mol. The van der Waals surface area contributed by atoms with Crippen molar-refractivity contribution < 1.29 is 48.7 Å². The number of amides is 2. The highest BCUT2D eigenvalue weighted by atomic mass is 16.7. The molecule has 1 fully saturated rings. The van der Waals surface area contributed by atoms with E-state index in [1.807, 2.05) is 0 Å². The molecule has 0 saturated carbocycles. The van der Waals surface area contributed by atoms with E-state index in [0.717, 1.165) is 9.47 Å². The summed E-state index contributed by atoms with van der Waals surface area (Å²) in [5, 5.41) is 32.0. The van der Waals surface area contributed by atoms with E-state index in [1.54, 1.807) is 0 Å². The van der Waals surface area contributed by atoms with E-state index in [-0.39, 0.29) is 19.0 Å². The molecule has 15 nitrogen and oxygen atoms in total. The smallest absolute Gasteiger partial charge is 0.412 e. The number of hydrogen-bond acceptors (Lipinski definition) is 12. The molecule has 1 saturated heterocycles. The Bertz CT molecular complexity index is 950. The lowest BCUT2D eigenvalue weighted by Crippen LogP contribution is -2.46. The second-order valence-electron chi connectivity index (χ2n) is 7.63. The highest BCUT2D eigenvalue weighted by Gasteiger charge is 2.53. The fraction of sp³-hybridized carbons (Fsp3) is 0.632. The summed E-state index contributed by atoms with van der Waals surface area (Å²) in [4.78, 5) is 51.7. The first-order valence-corrected chi connectivity index (χ1v) is 10.2. The van der Waals surface area contributed by atoms with Gasteiger partial charge in [0.2, 0.25) is 6.29 Å². The van der Waals surface area contributed by atoms with Crippen molar-refractivity contribution in [2.45, 2.75) is 51.1 Å². The first kappa shape index (κ1) is 27.0. The molecule has 0 aliphatic carbocycles. The number of aliphatic hydroxyl groups excluding tert-OH is 2. The lowest BCUT2D eigenvalue weighted by molar-refractivity contribution is -0.163. The van der Waals surface area contributed by atoms with Crippen LogP contribution in [0, 0.1) is 0 Å². The van der Waals surface area contributed by atoms with E-state index in [0.29, 0.717) is 0 Å². The molecule has 190 valence electrons. The average Bonchev–Trinajstić information content (AvgIpc) is 2.96. The van der Waals surface area contributed by atoms with E-state index < -0.39 is 60.8 Å². The molecule has 0 aromatic carbocycles. The van der Waals surface area contributed by atoms with Gasteiger partial charge in [0.15, 0.2) is 6.23 Å². The van der Waals surface area contributed by atoms with Gasteiger partial charge in [-0.25, -0.2) is 14.4 Å². The molecule has 1 aromatic heterocycles. The topological polar surface area (TPSA) is 199 Å². The van der Waals surface area contributed by atoms with Gasteiger partial charge in [-0.3, -0.25) is 14.7 Å². The average molecular weight is 488 g/mol. The first-order valence-electron chi connectivity index (χ1n) is 10.2. The lowest BCUT2D eigenvalue weighted by atomic mass is 9.96. The summed E-state index contributed by atoms with van der Waals surface area (Å²) in [7, 11) is 1.38. The van der Waals surface area contributed by atoms with Crippen molar-refractivity contribution in [3.63, 3.8) is 0 Å². The molecule has 34 heavy (non-hydrogen) atoms. The Morgan fingerprint density at radius 2 is 2.06 bits per heavy atom. The van der Waals surface area contributed by atoms with Gasteiger partial charge >= 0.3 is 23.8 Å². The summed E-state index contributed by atoms with van der Waals surface area (Å²) in [6, 6.07) is 1.24. The first-order chi connectivity index (χ1) is 15.9. The Morgan fingerprint density at radius 3 is 2.62 bits per heavy atom. The van der Waals surface area contributed by atoms with Gasteiger partial charge in [0, 0.05) is 27.1 Å². The number of aliphatic hydroxyl groups is 3. The zero-order valence-electron chi connectivity index (χ0n) is 19.0. The number of esters is 1. The van der Waals surface area contributed by atoms with Gasteiger partial charge in [0.1, 0.15) is 30.2 Å². The zero-order chi connectivity index (χ0) is 25.6. The number of carbonyl (C=O) groups excluding carboxylic acids is 3. The van der Waals surface area contributed by atoms with Crippen LogP contribution < -0.4 is 11.0 Å². The minimum absolute atomic E-state index is 0.0451. The van der Waals surface area contributed by atoms with Crippen molar-refractivity contribution in [1.82, 2.24) is 14.5 Å². The Labute approximate surface area is 193 Å². The van der Waals surface area contributed by atoms with Gasteiger partial charge in [0.25, 0.3) is 0 Å². The molecule has 1 aliphatic heterocycles. The Hall–Kier alpha value is -3.27. The molecule has 0 radical (unpaired) electrons. The number of aromatic nitrogens is 2. The lowest BCUT2D eigenvalue weighted by Gasteiger charge is -2.27. The fourth-order valence-corrected chi connectivity index (χ4v) is 3.05.